The summed E-state index contributed by atoms with van der Waals surface area (Å²) in [6, 6.07) is 22.5. The van der Waals surface area contributed by atoms with Gasteiger partial charge in [0.1, 0.15) is 36.1 Å². The van der Waals surface area contributed by atoms with Crippen LogP contribution in [0.5, 0.6) is 17.2 Å². The van der Waals surface area contributed by atoms with Crippen molar-refractivity contribution in [3.05, 3.63) is 117 Å². The molecule has 1 fully saturated rings. The molecule has 6 rings (SSSR count). The van der Waals surface area contributed by atoms with Gasteiger partial charge in [-0.1, -0.05) is 41.9 Å². The number of likely N-dealkylation sites (tertiary alicyclic amines) is 1. The van der Waals surface area contributed by atoms with Gasteiger partial charge in [-0.3, -0.25) is 4.79 Å². The molecule has 0 saturated carbocycles. The van der Waals surface area contributed by atoms with Gasteiger partial charge in [0.2, 0.25) is 0 Å². The number of aldehydes is 1. The average molecular weight is 678 g/mol. The topological polar surface area (TPSA) is 76.2 Å². The predicted molar refractivity (Wildman–Crippen MR) is 188 cm³/mol. The van der Waals surface area contributed by atoms with E-state index in [9.17, 15) is 14.4 Å². The van der Waals surface area contributed by atoms with Crippen molar-refractivity contribution in [1.82, 2.24) is 4.90 Å². The molecule has 1 atom stereocenters. The first-order valence-corrected chi connectivity index (χ1v) is 16.9. The summed E-state index contributed by atoms with van der Waals surface area (Å²) < 4.78 is 32.2. The minimum absolute atomic E-state index is 0.0526. The summed E-state index contributed by atoms with van der Waals surface area (Å²) in [4.78, 5) is 17.6. The molecule has 1 aliphatic carbocycles. The van der Waals surface area contributed by atoms with Crippen LogP contribution >= 0.6 is 11.6 Å². The molecule has 0 amide bonds. The van der Waals surface area contributed by atoms with E-state index >= 15 is 0 Å². The van der Waals surface area contributed by atoms with E-state index in [1.807, 2.05) is 18.2 Å². The van der Waals surface area contributed by atoms with Gasteiger partial charge in [0.05, 0.1) is 29.8 Å². The summed E-state index contributed by atoms with van der Waals surface area (Å²) in [6.07, 6.45) is 3.47. The molecule has 49 heavy (non-hydrogen) atoms. The highest BCUT2D eigenvalue weighted by Gasteiger charge is 2.28. The summed E-state index contributed by atoms with van der Waals surface area (Å²) in [5.41, 5.74) is 7.24. The molecular weight excluding hydrogens is 641 g/mol. The summed E-state index contributed by atoms with van der Waals surface area (Å²) in [5.74, 6) is 1.56. The second-order valence-corrected chi connectivity index (χ2v) is 12.9. The molecule has 9 heteroatoms. The fourth-order valence-electron chi connectivity index (χ4n) is 6.71. The standard InChI is InChI=1S/C40H37ClFN3O4/c1-26-32(6-4-9-37(26)47-17-5-14-45-15-12-30(42)13-16-45)33-7-3-8-35-34(33)10-11-38(35)49-40-22-39(29(24-46)21-36(40)41)48-25-28-18-27(23-43)19-31(20-28)44-2/h3-4,6-9,18-22,24,30,38H,5,10-17,25H2,1H3/t38-/m0/s1. The Balaban J connectivity index is 1.16. The molecule has 0 spiro atoms. The third-order valence-electron chi connectivity index (χ3n) is 9.27. The first kappa shape index (κ1) is 34.0. The predicted octanol–water partition coefficient (Wildman–Crippen LogP) is 9.40. The molecule has 4 aromatic carbocycles. The van der Waals surface area contributed by atoms with Gasteiger partial charge < -0.3 is 19.1 Å². The molecular formula is C40H37ClFN3O4. The van der Waals surface area contributed by atoms with Gasteiger partial charge in [-0.2, -0.15) is 5.26 Å². The Morgan fingerprint density at radius 1 is 1.02 bits per heavy atom. The van der Waals surface area contributed by atoms with Crippen LogP contribution < -0.4 is 14.2 Å². The SMILES string of the molecule is [C-]#[N+]c1cc(C#N)cc(COc2cc(O[C@H]3CCc4c(-c5cccc(OCCCN6CCC(F)CC6)c5C)cccc43)c(Cl)cc2C=O)c1. The zero-order valence-electron chi connectivity index (χ0n) is 27.4. The molecule has 1 saturated heterocycles. The van der Waals surface area contributed by atoms with Gasteiger partial charge in [0.15, 0.2) is 12.0 Å². The van der Waals surface area contributed by atoms with E-state index in [1.165, 1.54) is 17.7 Å². The smallest absolute Gasteiger partial charge is 0.188 e. The van der Waals surface area contributed by atoms with Crippen molar-refractivity contribution in [1.29, 1.82) is 5.26 Å². The van der Waals surface area contributed by atoms with Crippen LogP contribution in [0.4, 0.5) is 10.1 Å². The maximum atomic E-state index is 13.5. The molecule has 0 aromatic heterocycles. The lowest BCUT2D eigenvalue weighted by Crippen LogP contribution is -2.35. The van der Waals surface area contributed by atoms with Gasteiger partial charge in [0, 0.05) is 31.3 Å². The Labute approximate surface area is 291 Å². The number of halogens is 2. The fraction of sp³-hybridized carbons (Fsp3) is 0.325. The Hall–Kier alpha value is -4.89. The van der Waals surface area contributed by atoms with E-state index in [1.54, 1.807) is 18.2 Å². The van der Waals surface area contributed by atoms with Crippen LogP contribution in [0, 0.1) is 24.8 Å². The Kier molecular flexibility index (Phi) is 10.8. The van der Waals surface area contributed by atoms with Crippen molar-refractivity contribution < 1.29 is 23.4 Å². The second-order valence-electron chi connectivity index (χ2n) is 12.5. The zero-order valence-corrected chi connectivity index (χ0v) is 28.1. The van der Waals surface area contributed by atoms with Crippen LogP contribution in [0.2, 0.25) is 5.02 Å². The minimum Gasteiger partial charge on any atom is -0.493 e. The first-order chi connectivity index (χ1) is 23.9. The molecule has 4 aromatic rings. The summed E-state index contributed by atoms with van der Waals surface area (Å²) in [7, 11) is 0. The highest BCUT2D eigenvalue weighted by atomic mass is 35.5. The fourth-order valence-corrected chi connectivity index (χ4v) is 6.92. The highest BCUT2D eigenvalue weighted by Crippen LogP contribution is 2.44. The quantitative estimate of drug-likeness (QED) is 0.0845. The van der Waals surface area contributed by atoms with Crippen molar-refractivity contribution in [3.63, 3.8) is 0 Å². The third kappa shape index (κ3) is 7.89. The molecule has 250 valence electrons. The highest BCUT2D eigenvalue weighted by molar-refractivity contribution is 6.32. The molecule has 1 heterocycles. The monoisotopic (exact) mass is 677 g/mol. The normalized spacial score (nSPS) is 16.0. The molecule has 7 nitrogen and oxygen atoms in total. The van der Waals surface area contributed by atoms with Gasteiger partial charge in [-0.05, 0) is 103 Å². The van der Waals surface area contributed by atoms with Crippen LogP contribution in [0.25, 0.3) is 16.0 Å². The lowest BCUT2D eigenvalue weighted by atomic mass is 9.93. The van der Waals surface area contributed by atoms with Crippen molar-refractivity contribution in [2.75, 3.05) is 26.2 Å². The number of benzene rings is 4. The maximum Gasteiger partial charge on any atom is 0.188 e. The van der Waals surface area contributed by atoms with Gasteiger partial charge >= 0.3 is 0 Å². The lowest BCUT2D eigenvalue weighted by molar-refractivity contribution is 0.111. The first-order valence-electron chi connectivity index (χ1n) is 16.6. The van der Waals surface area contributed by atoms with E-state index in [0.29, 0.717) is 59.1 Å². The van der Waals surface area contributed by atoms with Crippen LogP contribution in [0.1, 0.15) is 70.0 Å². The van der Waals surface area contributed by atoms with Gasteiger partial charge in [-0.25, -0.2) is 9.24 Å². The number of fused-ring (bicyclic) bond motifs is 1. The van der Waals surface area contributed by atoms with Gasteiger partial charge in [-0.15, -0.1) is 0 Å². The number of carbonyl (C=O) groups excluding carboxylic acids is 1. The Bertz CT molecular complexity index is 1890. The van der Waals surface area contributed by atoms with E-state index in [4.69, 9.17) is 32.4 Å². The van der Waals surface area contributed by atoms with Crippen LogP contribution in [-0.2, 0) is 13.0 Å². The number of nitriles is 1. The summed E-state index contributed by atoms with van der Waals surface area (Å²) in [5, 5.41) is 9.63. The lowest BCUT2D eigenvalue weighted by Gasteiger charge is -2.28. The number of carbonyl (C=O) groups is 1. The number of ether oxygens (including phenoxy) is 3. The Morgan fingerprint density at radius 3 is 2.59 bits per heavy atom. The molecule has 0 N–H and O–H groups in total. The van der Waals surface area contributed by atoms with E-state index in [2.05, 4.69) is 40.9 Å². The molecule has 1 aliphatic heterocycles. The van der Waals surface area contributed by atoms with Crippen molar-refractivity contribution in [2.24, 2.45) is 0 Å². The number of alkyl halides is 1. The molecule has 0 unspecified atom stereocenters. The van der Waals surface area contributed by atoms with Crippen LogP contribution in [0.3, 0.4) is 0 Å². The number of hydrogen-bond acceptors (Lipinski definition) is 6. The van der Waals surface area contributed by atoms with E-state index < -0.39 is 6.17 Å². The summed E-state index contributed by atoms with van der Waals surface area (Å²) in [6.45, 7) is 12.6. The Morgan fingerprint density at radius 2 is 1.82 bits per heavy atom. The van der Waals surface area contributed by atoms with E-state index in [-0.39, 0.29) is 18.3 Å². The minimum atomic E-state index is -0.660. The molecule has 0 bridgehead atoms. The zero-order chi connectivity index (χ0) is 34.3. The number of hydrogen-bond donors (Lipinski definition) is 0. The summed E-state index contributed by atoms with van der Waals surface area (Å²) >= 11 is 6.61. The number of piperidine rings is 1. The van der Waals surface area contributed by atoms with Crippen LogP contribution in [-0.4, -0.2) is 43.6 Å². The van der Waals surface area contributed by atoms with E-state index in [0.717, 1.165) is 66.9 Å². The van der Waals surface area contributed by atoms with Crippen molar-refractivity contribution >= 4 is 23.6 Å². The van der Waals surface area contributed by atoms with Crippen molar-refractivity contribution in [3.8, 4) is 34.4 Å². The maximum absolute atomic E-state index is 13.5. The van der Waals surface area contributed by atoms with Crippen molar-refractivity contribution in [2.45, 2.75) is 57.9 Å². The molecule has 2 aliphatic rings. The van der Waals surface area contributed by atoms with Crippen LogP contribution in [0.15, 0.2) is 66.7 Å². The number of rotatable bonds is 12. The second kappa shape index (κ2) is 15.6. The largest absolute Gasteiger partial charge is 0.493 e. The number of nitrogens with zero attached hydrogens (tertiary/aromatic N) is 3. The molecule has 0 radical (unpaired) electrons. The third-order valence-corrected chi connectivity index (χ3v) is 9.57. The average Bonchev–Trinajstić information content (AvgIpc) is 3.54. The van der Waals surface area contributed by atoms with Gasteiger partial charge in [0.25, 0.3) is 0 Å².